The van der Waals surface area contributed by atoms with Crippen LogP contribution in [-0.4, -0.2) is 36.7 Å². The van der Waals surface area contributed by atoms with E-state index in [2.05, 4.69) is 0 Å². The summed E-state index contributed by atoms with van der Waals surface area (Å²) in [4.78, 5) is 33.7. The number of hydrogen-bond acceptors (Lipinski definition) is 6. The zero-order valence-electron chi connectivity index (χ0n) is 10.8. The van der Waals surface area contributed by atoms with Crippen LogP contribution < -0.4 is 0 Å². The fraction of sp³-hybridized carbons (Fsp3) is 0.750. The van der Waals surface area contributed by atoms with Crippen LogP contribution in [0.25, 0.3) is 0 Å². The molecule has 0 heterocycles. The number of carbonyl (C=O) groups excluding carboxylic acids is 3. The highest BCUT2D eigenvalue weighted by atomic mass is 16.6. The van der Waals surface area contributed by atoms with Gasteiger partial charge in [0.1, 0.15) is 6.10 Å². The average Bonchev–Trinajstić information content (AvgIpc) is 2.23. The Morgan fingerprint density at radius 3 is 2.39 bits per heavy atom. The molecule has 6 heteroatoms. The zero-order valence-corrected chi connectivity index (χ0v) is 10.8. The lowest BCUT2D eigenvalue weighted by Crippen LogP contribution is -2.43. The van der Waals surface area contributed by atoms with Gasteiger partial charge in [0.05, 0.1) is 12.5 Å². The molecule has 0 amide bonds. The van der Waals surface area contributed by atoms with Crippen molar-refractivity contribution in [1.82, 2.24) is 0 Å². The van der Waals surface area contributed by atoms with E-state index >= 15 is 0 Å². The van der Waals surface area contributed by atoms with Crippen molar-refractivity contribution in [3.63, 3.8) is 0 Å². The number of rotatable bonds is 5. The Morgan fingerprint density at radius 2 is 1.94 bits per heavy atom. The van der Waals surface area contributed by atoms with Crippen molar-refractivity contribution in [3.8, 4) is 0 Å². The van der Waals surface area contributed by atoms with Crippen molar-refractivity contribution in [1.29, 1.82) is 0 Å². The number of hydrogen-bond donors (Lipinski definition) is 0. The first kappa shape index (κ1) is 14.5. The largest absolute Gasteiger partial charge is 0.466 e. The second-order valence-corrected chi connectivity index (χ2v) is 4.16. The summed E-state index contributed by atoms with van der Waals surface area (Å²) < 4.78 is 14.7. The van der Waals surface area contributed by atoms with E-state index in [-0.39, 0.29) is 5.97 Å². The molecule has 1 fully saturated rings. The molecule has 1 rings (SSSR count). The highest BCUT2D eigenvalue weighted by Gasteiger charge is 2.41. The van der Waals surface area contributed by atoms with Crippen LogP contribution in [0.1, 0.15) is 33.6 Å². The lowest BCUT2D eigenvalue weighted by molar-refractivity contribution is -0.181. The van der Waals surface area contributed by atoms with Gasteiger partial charge in [-0.25, -0.2) is 4.79 Å². The average molecular weight is 258 g/mol. The van der Waals surface area contributed by atoms with Gasteiger partial charge in [-0.2, -0.15) is 0 Å². The monoisotopic (exact) mass is 258 g/mol. The SMILES string of the molecule is CCOC(=O)[C@@H]1CC[C@@H]1OC(=O)[C@@H](C)OC(C)=O. The third-order valence-corrected chi connectivity index (χ3v) is 2.74. The summed E-state index contributed by atoms with van der Waals surface area (Å²) in [5, 5.41) is 0. The van der Waals surface area contributed by atoms with Crippen molar-refractivity contribution in [3.05, 3.63) is 0 Å². The third kappa shape index (κ3) is 3.72. The first-order valence-electron chi connectivity index (χ1n) is 6.00. The van der Waals surface area contributed by atoms with Crippen molar-refractivity contribution in [2.24, 2.45) is 5.92 Å². The molecule has 6 nitrogen and oxygen atoms in total. The lowest BCUT2D eigenvalue weighted by Gasteiger charge is -2.34. The predicted molar refractivity (Wildman–Crippen MR) is 60.5 cm³/mol. The number of esters is 3. The molecule has 102 valence electrons. The Balaban J connectivity index is 2.41. The van der Waals surface area contributed by atoms with Crippen LogP contribution in [-0.2, 0) is 28.6 Å². The Hall–Kier alpha value is -1.59. The maximum atomic E-state index is 11.6. The second-order valence-electron chi connectivity index (χ2n) is 4.16. The van der Waals surface area contributed by atoms with Crippen LogP contribution in [0.4, 0.5) is 0 Å². The summed E-state index contributed by atoms with van der Waals surface area (Å²) in [6.45, 7) is 4.68. The summed E-state index contributed by atoms with van der Waals surface area (Å²) in [6, 6.07) is 0. The molecule has 1 aliphatic carbocycles. The smallest absolute Gasteiger partial charge is 0.347 e. The molecule has 0 spiro atoms. The highest BCUT2D eigenvalue weighted by molar-refractivity contribution is 5.79. The number of ether oxygens (including phenoxy) is 3. The molecule has 0 aromatic carbocycles. The van der Waals surface area contributed by atoms with E-state index in [1.165, 1.54) is 13.8 Å². The Bertz CT molecular complexity index is 337. The van der Waals surface area contributed by atoms with Gasteiger partial charge >= 0.3 is 17.9 Å². The van der Waals surface area contributed by atoms with E-state index in [0.717, 1.165) is 0 Å². The second kappa shape index (κ2) is 6.37. The Kier molecular flexibility index (Phi) is 5.12. The van der Waals surface area contributed by atoms with E-state index in [1.54, 1.807) is 6.92 Å². The molecule has 18 heavy (non-hydrogen) atoms. The van der Waals surface area contributed by atoms with E-state index in [1.807, 2.05) is 0 Å². The van der Waals surface area contributed by atoms with Gasteiger partial charge in [0.25, 0.3) is 0 Å². The predicted octanol–water partition coefficient (Wildman–Crippen LogP) is 0.823. The third-order valence-electron chi connectivity index (χ3n) is 2.74. The summed E-state index contributed by atoms with van der Waals surface area (Å²) >= 11 is 0. The molecule has 0 aromatic heterocycles. The van der Waals surface area contributed by atoms with Crippen LogP contribution >= 0.6 is 0 Å². The van der Waals surface area contributed by atoms with E-state index < -0.39 is 30.1 Å². The first-order chi connectivity index (χ1) is 8.45. The fourth-order valence-corrected chi connectivity index (χ4v) is 1.67. The van der Waals surface area contributed by atoms with Crippen LogP contribution in [0.3, 0.4) is 0 Å². The Morgan fingerprint density at radius 1 is 1.28 bits per heavy atom. The van der Waals surface area contributed by atoms with Crippen molar-refractivity contribution < 1.29 is 28.6 Å². The highest BCUT2D eigenvalue weighted by Crippen LogP contribution is 2.31. The molecule has 0 bridgehead atoms. The van der Waals surface area contributed by atoms with Crippen molar-refractivity contribution in [2.75, 3.05) is 6.61 Å². The maximum absolute atomic E-state index is 11.6. The molecule has 3 atom stereocenters. The Labute approximate surface area is 106 Å². The summed E-state index contributed by atoms with van der Waals surface area (Å²) in [5.41, 5.74) is 0. The van der Waals surface area contributed by atoms with E-state index in [4.69, 9.17) is 14.2 Å². The summed E-state index contributed by atoms with van der Waals surface area (Å²) in [6.07, 6.45) is -0.138. The molecular formula is C12H18O6. The molecule has 0 aromatic rings. The summed E-state index contributed by atoms with van der Waals surface area (Å²) in [7, 11) is 0. The van der Waals surface area contributed by atoms with Crippen LogP contribution in [0.5, 0.6) is 0 Å². The maximum Gasteiger partial charge on any atom is 0.347 e. The minimum atomic E-state index is -0.953. The van der Waals surface area contributed by atoms with E-state index in [0.29, 0.717) is 19.4 Å². The van der Waals surface area contributed by atoms with Crippen molar-refractivity contribution in [2.45, 2.75) is 45.8 Å². The van der Waals surface area contributed by atoms with Gasteiger partial charge in [-0.15, -0.1) is 0 Å². The quantitative estimate of drug-likeness (QED) is 0.536. The van der Waals surface area contributed by atoms with Gasteiger partial charge in [0.2, 0.25) is 0 Å². The topological polar surface area (TPSA) is 78.9 Å². The minimum Gasteiger partial charge on any atom is -0.466 e. The van der Waals surface area contributed by atoms with E-state index in [9.17, 15) is 14.4 Å². The zero-order chi connectivity index (χ0) is 13.7. The first-order valence-corrected chi connectivity index (χ1v) is 6.00. The molecule has 0 radical (unpaired) electrons. The van der Waals surface area contributed by atoms with Crippen molar-refractivity contribution >= 4 is 17.9 Å². The van der Waals surface area contributed by atoms with Gasteiger partial charge in [-0.1, -0.05) is 0 Å². The van der Waals surface area contributed by atoms with Crippen LogP contribution in [0, 0.1) is 5.92 Å². The molecular weight excluding hydrogens is 240 g/mol. The molecule has 1 aliphatic rings. The normalized spacial score (nSPS) is 23.5. The minimum absolute atomic E-state index is 0.305. The molecule has 0 aliphatic heterocycles. The standard InChI is InChI=1S/C12H18O6/c1-4-16-12(15)9-5-6-10(9)18-11(14)7(2)17-8(3)13/h7,9-10H,4-6H2,1-3H3/t7-,9-,10+/m1/s1. The van der Waals surface area contributed by atoms with Gasteiger partial charge in [-0.05, 0) is 26.7 Å². The lowest BCUT2D eigenvalue weighted by atomic mass is 9.82. The molecule has 1 saturated carbocycles. The molecule has 0 unspecified atom stereocenters. The molecule has 0 saturated heterocycles. The molecule has 0 N–H and O–H groups in total. The summed E-state index contributed by atoms with van der Waals surface area (Å²) in [5.74, 6) is -1.92. The van der Waals surface area contributed by atoms with Gasteiger partial charge in [-0.3, -0.25) is 9.59 Å². The fourth-order valence-electron chi connectivity index (χ4n) is 1.67. The van der Waals surface area contributed by atoms with Gasteiger partial charge < -0.3 is 14.2 Å². The number of carbonyl (C=O) groups is 3. The van der Waals surface area contributed by atoms with Gasteiger partial charge in [0.15, 0.2) is 6.10 Å². The van der Waals surface area contributed by atoms with Crippen LogP contribution in [0.2, 0.25) is 0 Å². The van der Waals surface area contributed by atoms with Gasteiger partial charge in [0, 0.05) is 6.92 Å². The van der Waals surface area contributed by atoms with Crippen LogP contribution in [0.15, 0.2) is 0 Å².